The second-order valence-corrected chi connectivity index (χ2v) is 11.5. The number of sulfonamides is 1. The Kier molecular flexibility index (Phi) is 9.25. The van der Waals surface area contributed by atoms with E-state index in [4.69, 9.17) is 21.1 Å². The van der Waals surface area contributed by atoms with Crippen LogP contribution in [-0.2, 0) is 16.6 Å². The number of fused-ring (bicyclic) bond motifs is 1. The van der Waals surface area contributed by atoms with Crippen molar-refractivity contribution in [2.75, 3.05) is 18.9 Å². The molecule has 9 nitrogen and oxygen atoms in total. The molecule has 0 saturated carbocycles. The molecule has 4 rings (SSSR count). The summed E-state index contributed by atoms with van der Waals surface area (Å²) in [6, 6.07) is 15.7. The van der Waals surface area contributed by atoms with Crippen molar-refractivity contribution in [1.82, 2.24) is 9.88 Å². The molecule has 0 unspecified atom stereocenters. The average Bonchev–Trinajstić information content (AvgIpc) is 2.97. The molecular formula is C30H32ClN3O6S. The summed E-state index contributed by atoms with van der Waals surface area (Å²) in [6.07, 6.45) is 3.03. The first-order valence-corrected chi connectivity index (χ1v) is 14.9. The van der Waals surface area contributed by atoms with Gasteiger partial charge in [-0.2, -0.15) is 0 Å². The summed E-state index contributed by atoms with van der Waals surface area (Å²) in [5, 5.41) is 4.13. The van der Waals surface area contributed by atoms with Gasteiger partial charge in [0, 0.05) is 34.9 Å². The molecule has 0 radical (unpaired) electrons. The van der Waals surface area contributed by atoms with Crippen molar-refractivity contribution in [2.45, 2.75) is 44.2 Å². The molecule has 1 aromatic heterocycles. The van der Waals surface area contributed by atoms with E-state index in [9.17, 15) is 18.0 Å². The van der Waals surface area contributed by atoms with Gasteiger partial charge in [-0.15, -0.1) is 0 Å². The van der Waals surface area contributed by atoms with Crippen molar-refractivity contribution in [1.29, 1.82) is 0 Å². The molecule has 1 amide bonds. The first-order chi connectivity index (χ1) is 19.6. The van der Waals surface area contributed by atoms with Crippen molar-refractivity contribution in [2.24, 2.45) is 0 Å². The number of rotatable bonds is 11. The van der Waals surface area contributed by atoms with E-state index in [2.05, 4.69) is 10.0 Å². The number of amides is 1. The summed E-state index contributed by atoms with van der Waals surface area (Å²) in [5.41, 5.74) is 1.11. The summed E-state index contributed by atoms with van der Waals surface area (Å²) >= 11 is 5.88. The zero-order chi connectivity index (χ0) is 29.7. The van der Waals surface area contributed by atoms with Crippen molar-refractivity contribution < 1.29 is 22.7 Å². The van der Waals surface area contributed by atoms with Gasteiger partial charge in [0.15, 0.2) is 11.5 Å². The molecule has 0 bridgehead atoms. The Morgan fingerprint density at radius 3 is 2.20 bits per heavy atom. The van der Waals surface area contributed by atoms with Crippen molar-refractivity contribution in [3.05, 3.63) is 93.4 Å². The van der Waals surface area contributed by atoms with Crippen LogP contribution in [0.15, 0.2) is 76.6 Å². The number of halogens is 1. The number of methoxy groups -OCH3 is 2. The molecule has 0 saturated heterocycles. The molecule has 2 N–H and O–H groups in total. The standard InChI is InChI=1S/C30H32ClN3O6S/c1-5-22(6-2)34-18-26(24-15-27(39-3)28(40-4)16-25(24)30(34)36)29(35)32-17-19-8-7-9-21(14-19)33-41(37,38)23-12-10-20(31)11-13-23/h7-16,18,22,33H,5-6,17H2,1-4H3,(H,32,35). The van der Waals surface area contributed by atoms with Crippen molar-refractivity contribution >= 4 is 44.0 Å². The lowest BCUT2D eigenvalue weighted by Crippen LogP contribution is -2.29. The number of aromatic nitrogens is 1. The van der Waals surface area contributed by atoms with Crippen LogP contribution in [-0.4, -0.2) is 33.1 Å². The summed E-state index contributed by atoms with van der Waals surface area (Å²) < 4.78 is 40.6. The predicted molar refractivity (Wildman–Crippen MR) is 161 cm³/mol. The van der Waals surface area contributed by atoms with Gasteiger partial charge in [-0.1, -0.05) is 37.6 Å². The van der Waals surface area contributed by atoms with Crippen LogP contribution in [0.3, 0.4) is 0 Å². The maximum atomic E-state index is 13.6. The Morgan fingerprint density at radius 2 is 1.59 bits per heavy atom. The van der Waals surface area contributed by atoms with E-state index in [0.717, 1.165) is 12.8 Å². The van der Waals surface area contributed by atoms with Crippen LogP contribution in [0, 0.1) is 0 Å². The molecule has 4 aromatic rings. The number of ether oxygens (including phenoxy) is 2. The van der Waals surface area contributed by atoms with Crippen LogP contribution in [0.5, 0.6) is 11.5 Å². The van der Waals surface area contributed by atoms with Crippen LogP contribution in [0.1, 0.15) is 48.7 Å². The Labute approximate surface area is 244 Å². The second-order valence-electron chi connectivity index (χ2n) is 9.42. The molecule has 3 aromatic carbocycles. The highest BCUT2D eigenvalue weighted by Crippen LogP contribution is 2.33. The van der Waals surface area contributed by atoms with Gasteiger partial charge in [0.25, 0.3) is 21.5 Å². The molecular weight excluding hydrogens is 566 g/mol. The first kappa shape index (κ1) is 30.0. The van der Waals surface area contributed by atoms with Gasteiger partial charge in [0.05, 0.1) is 30.1 Å². The van der Waals surface area contributed by atoms with E-state index >= 15 is 0 Å². The van der Waals surface area contributed by atoms with E-state index in [1.54, 1.807) is 47.2 Å². The maximum absolute atomic E-state index is 13.6. The Hall–Kier alpha value is -4.02. The fraction of sp³-hybridized carbons (Fsp3) is 0.267. The largest absolute Gasteiger partial charge is 0.493 e. The maximum Gasteiger partial charge on any atom is 0.261 e. The number of nitrogens with zero attached hydrogens (tertiary/aromatic N) is 1. The third-order valence-corrected chi connectivity index (χ3v) is 8.53. The fourth-order valence-electron chi connectivity index (χ4n) is 4.67. The number of nitrogens with one attached hydrogen (secondary N) is 2. The van der Waals surface area contributed by atoms with Crippen LogP contribution in [0.4, 0.5) is 5.69 Å². The van der Waals surface area contributed by atoms with Gasteiger partial charge in [0.1, 0.15) is 0 Å². The average molecular weight is 598 g/mol. The minimum Gasteiger partial charge on any atom is -0.493 e. The summed E-state index contributed by atoms with van der Waals surface area (Å²) in [6.45, 7) is 4.11. The second kappa shape index (κ2) is 12.7. The lowest BCUT2D eigenvalue weighted by Gasteiger charge is -2.20. The number of anilines is 1. The highest BCUT2D eigenvalue weighted by molar-refractivity contribution is 7.92. The molecule has 11 heteroatoms. The molecule has 1 heterocycles. The summed E-state index contributed by atoms with van der Waals surface area (Å²) in [7, 11) is -0.852. The van der Waals surface area contributed by atoms with Crippen molar-refractivity contribution in [3.8, 4) is 11.5 Å². The van der Waals surface area contributed by atoms with E-state index < -0.39 is 15.9 Å². The number of hydrogen-bond acceptors (Lipinski definition) is 6. The van der Waals surface area contributed by atoms with E-state index in [0.29, 0.717) is 44.1 Å². The topological polar surface area (TPSA) is 116 Å². The van der Waals surface area contributed by atoms with E-state index in [1.807, 2.05) is 13.8 Å². The van der Waals surface area contributed by atoms with E-state index in [-0.39, 0.29) is 23.0 Å². The van der Waals surface area contributed by atoms with Crippen molar-refractivity contribution in [3.63, 3.8) is 0 Å². The number of carbonyl (C=O) groups excluding carboxylic acids is 1. The third-order valence-electron chi connectivity index (χ3n) is 6.88. The third kappa shape index (κ3) is 6.49. The number of benzene rings is 3. The van der Waals surface area contributed by atoms with Gasteiger partial charge in [-0.25, -0.2) is 8.42 Å². The lowest BCUT2D eigenvalue weighted by atomic mass is 10.0. The van der Waals surface area contributed by atoms with Gasteiger partial charge in [-0.05, 0) is 66.9 Å². The molecule has 0 atom stereocenters. The van der Waals surface area contributed by atoms with Crippen LogP contribution in [0.2, 0.25) is 5.02 Å². The monoisotopic (exact) mass is 597 g/mol. The quantitative estimate of drug-likeness (QED) is 0.227. The Bertz CT molecular complexity index is 1730. The molecule has 0 spiro atoms. The summed E-state index contributed by atoms with van der Waals surface area (Å²) in [5.74, 6) is 0.395. The zero-order valence-electron chi connectivity index (χ0n) is 23.2. The highest BCUT2D eigenvalue weighted by atomic mass is 35.5. The van der Waals surface area contributed by atoms with Gasteiger partial charge < -0.3 is 19.4 Å². The Morgan fingerprint density at radius 1 is 0.951 bits per heavy atom. The van der Waals surface area contributed by atoms with Gasteiger partial charge >= 0.3 is 0 Å². The van der Waals surface area contributed by atoms with Crippen LogP contribution < -0.4 is 25.1 Å². The van der Waals surface area contributed by atoms with Crippen LogP contribution in [0.25, 0.3) is 10.8 Å². The SMILES string of the molecule is CCC(CC)n1cc(C(=O)NCc2cccc(NS(=O)(=O)c3ccc(Cl)cc3)c2)c2cc(OC)c(OC)cc2c1=O. The minimum absolute atomic E-state index is 0.0760. The highest BCUT2D eigenvalue weighted by Gasteiger charge is 2.21. The molecule has 0 aliphatic heterocycles. The molecule has 216 valence electrons. The van der Waals surface area contributed by atoms with Gasteiger partial charge in [-0.3, -0.25) is 14.3 Å². The smallest absolute Gasteiger partial charge is 0.261 e. The molecule has 0 aliphatic rings. The number of carbonyl (C=O) groups is 1. The Balaban J connectivity index is 1.64. The molecule has 0 aliphatic carbocycles. The lowest BCUT2D eigenvalue weighted by molar-refractivity contribution is 0.0951. The molecule has 41 heavy (non-hydrogen) atoms. The number of pyridine rings is 1. The predicted octanol–water partition coefficient (Wildman–Crippen LogP) is 5.76. The minimum atomic E-state index is -3.83. The number of hydrogen-bond donors (Lipinski definition) is 2. The first-order valence-electron chi connectivity index (χ1n) is 13.1. The zero-order valence-corrected chi connectivity index (χ0v) is 24.8. The van der Waals surface area contributed by atoms with Gasteiger partial charge in [0.2, 0.25) is 0 Å². The summed E-state index contributed by atoms with van der Waals surface area (Å²) in [4.78, 5) is 27.1. The normalized spacial score (nSPS) is 11.5. The molecule has 0 fully saturated rings. The van der Waals surface area contributed by atoms with Crippen LogP contribution >= 0.6 is 11.6 Å². The fourth-order valence-corrected chi connectivity index (χ4v) is 5.85. The van der Waals surface area contributed by atoms with E-state index in [1.165, 1.54) is 38.5 Å².